The third-order valence-corrected chi connectivity index (χ3v) is 9.84. The lowest BCUT2D eigenvalue weighted by molar-refractivity contribution is -0.136. The van der Waals surface area contributed by atoms with E-state index in [-0.39, 0.29) is 59.9 Å². The van der Waals surface area contributed by atoms with Crippen molar-refractivity contribution in [3.63, 3.8) is 0 Å². The SMILES string of the molecule is O=C1CCC(N2C(=O)c3cccc(NCc4cn(CCC(=O)Nc5ccc6c(F)c(N7CC(=O)NS7(=O)=O)c(O)cc6c5)nn4)c3C2=O)C(=O)N1. The number of hydrogen-bond donors (Lipinski definition) is 5. The summed E-state index contributed by atoms with van der Waals surface area (Å²) in [6, 6.07) is 8.79. The number of carbonyl (C=O) groups is 6. The Hall–Kier alpha value is -6.44. The number of aromatic nitrogens is 3. The van der Waals surface area contributed by atoms with Crippen LogP contribution < -0.4 is 25.0 Å². The van der Waals surface area contributed by atoms with Crippen LogP contribution in [0.2, 0.25) is 0 Å². The van der Waals surface area contributed by atoms with Crippen LogP contribution in [0.5, 0.6) is 5.75 Å². The zero-order valence-corrected chi connectivity index (χ0v) is 27.0. The van der Waals surface area contributed by atoms with Crippen molar-refractivity contribution in [1.82, 2.24) is 29.9 Å². The largest absolute Gasteiger partial charge is 0.506 e. The first-order valence-electron chi connectivity index (χ1n) is 15.4. The summed E-state index contributed by atoms with van der Waals surface area (Å²) in [5.74, 6) is -5.55. The predicted octanol–water partition coefficient (Wildman–Crippen LogP) is 0.499. The van der Waals surface area contributed by atoms with Gasteiger partial charge in [0, 0.05) is 29.6 Å². The highest BCUT2D eigenvalue weighted by atomic mass is 32.2. The van der Waals surface area contributed by atoms with Crippen LogP contribution in [0.1, 0.15) is 45.7 Å². The maximum Gasteiger partial charge on any atom is 0.326 e. The fourth-order valence-corrected chi connectivity index (χ4v) is 7.28. The maximum absolute atomic E-state index is 15.3. The number of hydrogen-bond acceptors (Lipinski definition) is 12. The third kappa shape index (κ3) is 6.05. The second-order valence-electron chi connectivity index (χ2n) is 11.8. The lowest BCUT2D eigenvalue weighted by Gasteiger charge is -2.27. The van der Waals surface area contributed by atoms with Crippen molar-refractivity contribution in [2.75, 3.05) is 21.5 Å². The van der Waals surface area contributed by atoms with E-state index >= 15 is 4.39 Å². The molecule has 3 aliphatic heterocycles. The van der Waals surface area contributed by atoms with Crippen molar-refractivity contribution in [3.8, 4) is 5.75 Å². The van der Waals surface area contributed by atoms with Gasteiger partial charge in [0.2, 0.25) is 17.7 Å². The summed E-state index contributed by atoms with van der Waals surface area (Å²) in [5, 5.41) is 26.5. The Morgan fingerprint density at radius 2 is 1.86 bits per heavy atom. The van der Waals surface area contributed by atoms with Crippen molar-refractivity contribution in [2.24, 2.45) is 0 Å². The Morgan fingerprint density at radius 1 is 1.06 bits per heavy atom. The first-order chi connectivity index (χ1) is 24.3. The van der Waals surface area contributed by atoms with Crippen molar-refractivity contribution in [3.05, 3.63) is 71.3 Å². The number of nitrogens with one attached hydrogen (secondary N) is 4. The Balaban J connectivity index is 0.963. The van der Waals surface area contributed by atoms with E-state index in [0.29, 0.717) is 15.7 Å². The van der Waals surface area contributed by atoms with Crippen LogP contribution in [0, 0.1) is 5.82 Å². The lowest BCUT2D eigenvalue weighted by atomic mass is 10.0. The Kier molecular flexibility index (Phi) is 8.08. The van der Waals surface area contributed by atoms with Crippen LogP contribution >= 0.6 is 0 Å². The average molecular weight is 720 g/mol. The van der Waals surface area contributed by atoms with Gasteiger partial charge in [-0.25, -0.2) is 13.4 Å². The van der Waals surface area contributed by atoms with Crippen LogP contribution in [0.15, 0.2) is 48.7 Å². The van der Waals surface area contributed by atoms with Gasteiger partial charge < -0.3 is 15.7 Å². The van der Waals surface area contributed by atoms with Gasteiger partial charge in [0.05, 0.1) is 30.4 Å². The highest BCUT2D eigenvalue weighted by Gasteiger charge is 2.45. The summed E-state index contributed by atoms with van der Waals surface area (Å²) in [5.41, 5.74) is 0.597. The monoisotopic (exact) mass is 719 g/mol. The van der Waals surface area contributed by atoms with Crippen LogP contribution in [0.25, 0.3) is 10.8 Å². The minimum atomic E-state index is -4.37. The number of benzene rings is 3. The number of piperidine rings is 1. The first-order valence-corrected chi connectivity index (χ1v) is 16.8. The molecule has 0 saturated carbocycles. The van der Waals surface area contributed by atoms with E-state index in [9.17, 15) is 42.3 Å². The molecule has 6 amide bonds. The molecular weight excluding hydrogens is 693 g/mol. The molecule has 4 heterocycles. The number of phenols is 1. The van der Waals surface area contributed by atoms with Gasteiger partial charge in [-0.1, -0.05) is 11.3 Å². The second-order valence-corrected chi connectivity index (χ2v) is 13.4. The number of aryl methyl sites for hydroxylation is 1. The number of aromatic hydroxyl groups is 1. The Labute approximate surface area is 286 Å². The smallest absolute Gasteiger partial charge is 0.326 e. The van der Waals surface area contributed by atoms with Gasteiger partial charge in [0.25, 0.3) is 17.7 Å². The van der Waals surface area contributed by atoms with Crippen LogP contribution in [0.4, 0.5) is 21.5 Å². The van der Waals surface area contributed by atoms with Gasteiger partial charge >= 0.3 is 10.2 Å². The van der Waals surface area contributed by atoms with Gasteiger partial charge in [0.15, 0.2) is 5.82 Å². The molecule has 4 aromatic rings. The van der Waals surface area contributed by atoms with E-state index in [0.717, 1.165) is 11.0 Å². The molecule has 5 N–H and O–H groups in total. The molecule has 20 heteroatoms. The normalized spacial score (nSPS) is 18.2. The summed E-state index contributed by atoms with van der Waals surface area (Å²) in [4.78, 5) is 75.5. The molecule has 262 valence electrons. The number of carbonyl (C=O) groups excluding carboxylic acids is 6. The molecule has 3 aromatic carbocycles. The highest BCUT2D eigenvalue weighted by molar-refractivity contribution is 7.92. The molecule has 2 saturated heterocycles. The second kappa shape index (κ2) is 12.5. The Morgan fingerprint density at radius 3 is 2.61 bits per heavy atom. The van der Waals surface area contributed by atoms with Crippen molar-refractivity contribution < 1.29 is 46.7 Å². The van der Waals surface area contributed by atoms with Gasteiger partial charge in [0.1, 0.15) is 29.7 Å². The maximum atomic E-state index is 15.3. The number of phenolic OH excluding ortho intramolecular Hbond substituents is 1. The molecule has 0 aliphatic carbocycles. The van der Waals surface area contributed by atoms with Crippen LogP contribution in [-0.2, 0) is 42.5 Å². The van der Waals surface area contributed by atoms with Crippen LogP contribution in [0.3, 0.4) is 0 Å². The summed E-state index contributed by atoms with van der Waals surface area (Å²) in [6.07, 6.45) is 1.57. The van der Waals surface area contributed by atoms with Gasteiger partial charge in [-0.2, -0.15) is 8.42 Å². The van der Waals surface area contributed by atoms with Crippen LogP contribution in [-0.4, -0.2) is 81.4 Å². The summed E-state index contributed by atoms with van der Waals surface area (Å²) >= 11 is 0. The fourth-order valence-electron chi connectivity index (χ4n) is 6.12. The zero-order valence-electron chi connectivity index (χ0n) is 26.2. The molecule has 7 rings (SSSR count). The summed E-state index contributed by atoms with van der Waals surface area (Å²) < 4.78 is 43.3. The van der Waals surface area contributed by atoms with E-state index in [1.54, 1.807) is 23.1 Å². The number of rotatable bonds is 9. The summed E-state index contributed by atoms with van der Waals surface area (Å²) in [6.45, 7) is -0.473. The molecule has 18 nitrogen and oxygen atoms in total. The average Bonchev–Trinajstić information content (AvgIpc) is 3.72. The van der Waals surface area contributed by atoms with Gasteiger partial charge in [-0.3, -0.25) is 43.7 Å². The third-order valence-electron chi connectivity index (χ3n) is 8.47. The number of fused-ring (bicyclic) bond motifs is 2. The minimum absolute atomic E-state index is 0.00320. The van der Waals surface area contributed by atoms with E-state index < -0.39 is 75.5 Å². The van der Waals surface area contributed by atoms with Crippen molar-refractivity contribution in [1.29, 1.82) is 0 Å². The minimum Gasteiger partial charge on any atom is -0.506 e. The van der Waals surface area contributed by atoms with E-state index in [1.165, 1.54) is 28.9 Å². The number of imide groups is 2. The van der Waals surface area contributed by atoms with Crippen molar-refractivity contribution >= 4 is 73.5 Å². The lowest BCUT2D eigenvalue weighted by Crippen LogP contribution is -2.54. The molecular formula is C31H26FN9O9S. The molecule has 2 fully saturated rings. The molecule has 3 aliphatic rings. The number of nitrogens with zero attached hydrogens (tertiary/aromatic N) is 5. The number of anilines is 3. The Bertz CT molecular complexity index is 2330. The van der Waals surface area contributed by atoms with Gasteiger partial charge in [-0.15, -0.1) is 5.10 Å². The highest BCUT2D eigenvalue weighted by Crippen LogP contribution is 2.39. The molecule has 1 atom stereocenters. The number of amides is 6. The van der Waals surface area contributed by atoms with Crippen molar-refractivity contribution in [2.45, 2.75) is 38.4 Å². The zero-order chi connectivity index (χ0) is 36.2. The van der Waals surface area contributed by atoms with E-state index in [2.05, 4.69) is 26.3 Å². The van der Waals surface area contributed by atoms with E-state index in [4.69, 9.17) is 0 Å². The van der Waals surface area contributed by atoms with Gasteiger partial charge in [-0.05, 0) is 48.2 Å². The van der Waals surface area contributed by atoms with E-state index in [1.807, 2.05) is 0 Å². The standard InChI is InChI=1S/C31H26FN9O9S/c32-27-18-5-4-16(10-15(18)11-22(42)28(27)40-14-25(45)37-51(40,49)50)34-24(44)8-9-39-13-17(36-38-39)12-33-20-3-1-2-19-26(20)31(48)41(30(19)47)21-6-7-23(43)35-29(21)46/h1-5,10-11,13,21,33,42H,6-9,12,14H2,(H,34,44)(H,37,45)(H,35,43,46). The first kappa shape index (κ1) is 33.1. The number of halogens is 1. The topological polar surface area (TPSA) is 242 Å². The fraction of sp³-hybridized carbons (Fsp3) is 0.226. The predicted molar refractivity (Wildman–Crippen MR) is 174 cm³/mol. The molecule has 0 bridgehead atoms. The molecule has 0 radical (unpaired) electrons. The molecule has 1 unspecified atom stereocenters. The quantitative estimate of drug-likeness (QED) is 0.149. The summed E-state index contributed by atoms with van der Waals surface area (Å²) in [7, 11) is -4.37. The molecule has 1 aromatic heterocycles. The molecule has 51 heavy (non-hydrogen) atoms. The molecule has 0 spiro atoms.